The van der Waals surface area contributed by atoms with Crippen LogP contribution < -0.4 is 5.32 Å². The van der Waals surface area contributed by atoms with Crippen molar-refractivity contribution in [2.45, 2.75) is 31.8 Å². The van der Waals surface area contributed by atoms with E-state index in [9.17, 15) is 4.39 Å². The molecule has 0 aliphatic carbocycles. The number of nitrogens with one attached hydrogen (secondary N) is 1. The Hall–Kier alpha value is -0.680. The molecule has 0 radical (unpaired) electrons. The highest BCUT2D eigenvalue weighted by Crippen LogP contribution is 2.22. The molecule has 1 aromatic rings. The van der Waals surface area contributed by atoms with Gasteiger partial charge in [0.1, 0.15) is 5.82 Å². The first-order chi connectivity index (χ1) is 9.70. The normalized spacial score (nSPS) is 17.6. The summed E-state index contributed by atoms with van der Waals surface area (Å²) in [5.41, 5.74) is 0.598. The van der Waals surface area contributed by atoms with E-state index in [4.69, 9.17) is 16.7 Å². The van der Waals surface area contributed by atoms with Crippen molar-refractivity contribution < 1.29 is 9.50 Å². The van der Waals surface area contributed by atoms with E-state index < -0.39 is 0 Å². The molecule has 2 N–H and O–H groups in total. The minimum absolute atomic E-state index is 0.222. The maximum atomic E-state index is 13.7. The molecule has 0 bridgehead atoms. The van der Waals surface area contributed by atoms with Gasteiger partial charge in [0.05, 0.1) is 0 Å². The van der Waals surface area contributed by atoms with Crippen molar-refractivity contribution in [1.29, 1.82) is 0 Å². The topological polar surface area (TPSA) is 35.5 Å². The van der Waals surface area contributed by atoms with Crippen LogP contribution in [0.3, 0.4) is 0 Å². The zero-order valence-corrected chi connectivity index (χ0v) is 12.4. The molecule has 0 spiro atoms. The van der Waals surface area contributed by atoms with Gasteiger partial charge in [-0.15, -0.1) is 0 Å². The molecule has 0 aromatic heterocycles. The number of aliphatic hydroxyl groups is 1. The minimum atomic E-state index is -0.222. The molecule has 1 aromatic carbocycles. The molecule has 2 rings (SSSR count). The molecule has 0 unspecified atom stereocenters. The summed E-state index contributed by atoms with van der Waals surface area (Å²) in [5.74, 6) is -0.222. The first-order valence-electron chi connectivity index (χ1n) is 7.20. The van der Waals surface area contributed by atoms with Gasteiger partial charge >= 0.3 is 0 Å². The second kappa shape index (κ2) is 7.93. The van der Waals surface area contributed by atoms with Crippen LogP contribution in [0.2, 0.25) is 5.02 Å². The second-order valence-corrected chi connectivity index (χ2v) is 5.69. The first kappa shape index (κ1) is 15.7. The van der Waals surface area contributed by atoms with Crippen LogP contribution in [0.1, 0.15) is 24.8 Å². The highest BCUT2D eigenvalue weighted by atomic mass is 35.5. The average Bonchev–Trinajstić information content (AvgIpc) is 2.45. The fourth-order valence-electron chi connectivity index (χ4n) is 2.59. The molecule has 1 aliphatic rings. The van der Waals surface area contributed by atoms with E-state index in [1.807, 2.05) is 0 Å². The lowest BCUT2D eigenvalue weighted by molar-refractivity contribution is 0.186. The van der Waals surface area contributed by atoms with Crippen LogP contribution >= 0.6 is 11.6 Å². The van der Waals surface area contributed by atoms with Crippen molar-refractivity contribution in [2.24, 2.45) is 0 Å². The minimum Gasteiger partial charge on any atom is -0.396 e. The molecule has 0 amide bonds. The summed E-state index contributed by atoms with van der Waals surface area (Å²) >= 11 is 6.06. The Kier molecular flexibility index (Phi) is 6.23. The summed E-state index contributed by atoms with van der Waals surface area (Å²) in [6.07, 6.45) is 2.90. The molecule has 20 heavy (non-hydrogen) atoms. The lowest BCUT2D eigenvalue weighted by Gasteiger charge is -2.32. The van der Waals surface area contributed by atoms with Gasteiger partial charge in [0.2, 0.25) is 0 Å². The van der Waals surface area contributed by atoms with Gasteiger partial charge in [0.25, 0.3) is 0 Å². The SMILES string of the molecule is OCCCNC1CCN(Cc2c(F)cccc2Cl)CC1. The van der Waals surface area contributed by atoms with Crippen LogP contribution in [0.25, 0.3) is 0 Å². The first-order valence-corrected chi connectivity index (χ1v) is 7.58. The molecular formula is C15H22ClFN2O. The molecule has 5 heteroatoms. The summed E-state index contributed by atoms with van der Waals surface area (Å²) < 4.78 is 13.7. The predicted octanol–water partition coefficient (Wildman–Crippen LogP) is 2.42. The second-order valence-electron chi connectivity index (χ2n) is 5.28. The average molecular weight is 301 g/mol. The number of likely N-dealkylation sites (tertiary alicyclic amines) is 1. The van der Waals surface area contributed by atoms with Crippen molar-refractivity contribution >= 4 is 11.6 Å². The molecule has 1 fully saturated rings. The van der Waals surface area contributed by atoms with Crippen molar-refractivity contribution in [3.8, 4) is 0 Å². The van der Waals surface area contributed by atoms with E-state index in [0.29, 0.717) is 23.2 Å². The van der Waals surface area contributed by atoms with Crippen molar-refractivity contribution in [2.75, 3.05) is 26.2 Å². The number of benzene rings is 1. The third-order valence-electron chi connectivity index (χ3n) is 3.80. The van der Waals surface area contributed by atoms with Gasteiger partial charge in [-0.1, -0.05) is 17.7 Å². The van der Waals surface area contributed by atoms with Crippen LogP contribution in [-0.4, -0.2) is 42.3 Å². The summed E-state index contributed by atoms with van der Waals surface area (Å²) in [5, 5.41) is 12.7. The largest absolute Gasteiger partial charge is 0.396 e. The Labute approximate surface area is 124 Å². The standard InChI is InChI=1S/C15H22ClFN2O/c16-14-3-1-4-15(17)13(14)11-19-8-5-12(6-9-19)18-7-2-10-20/h1,3-4,12,18,20H,2,5-11H2. The van der Waals surface area contributed by atoms with Crippen LogP contribution in [0.15, 0.2) is 18.2 Å². The van der Waals surface area contributed by atoms with E-state index in [1.165, 1.54) is 6.07 Å². The van der Waals surface area contributed by atoms with E-state index in [0.717, 1.165) is 38.9 Å². The van der Waals surface area contributed by atoms with Gasteiger partial charge < -0.3 is 10.4 Å². The number of piperidine rings is 1. The summed E-state index contributed by atoms with van der Waals surface area (Å²) in [6, 6.07) is 5.35. The third kappa shape index (κ3) is 4.42. The van der Waals surface area contributed by atoms with Crippen LogP contribution in [-0.2, 0) is 6.54 Å². The van der Waals surface area contributed by atoms with Crippen molar-refractivity contribution in [3.63, 3.8) is 0 Å². The Balaban J connectivity index is 1.80. The van der Waals surface area contributed by atoms with Crippen molar-refractivity contribution in [3.05, 3.63) is 34.6 Å². The van der Waals surface area contributed by atoms with Gasteiger partial charge in [-0.25, -0.2) is 4.39 Å². The summed E-state index contributed by atoms with van der Waals surface area (Å²) in [6.45, 7) is 3.57. The van der Waals surface area contributed by atoms with E-state index in [1.54, 1.807) is 12.1 Å². The zero-order valence-electron chi connectivity index (χ0n) is 11.6. The zero-order chi connectivity index (χ0) is 14.4. The number of halogens is 2. The lowest BCUT2D eigenvalue weighted by Crippen LogP contribution is -2.42. The highest BCUT2D eigenvalue weighted by Gasteiger charge is 2.20. The van der Waals surface area contributed by atoms with Crippen LogP contribution in [0.5, 0.6) is 0 Å². The number of hydrogen-bond acceptors (Lipinski definition) is 3. The lowest BCUT2D eigenvalue weighted by atomic mass is 10.0. The maximum Gasteiger partial charge on any atom is 0.129 e. The third-order valence-corrected chi connectivity index (χ3v) is 4.15. The Morgan fingerprint density at radius 2 is 2.10 bits per heavy atom. The molecule has 1 heterocycles. The van der Waals surface area contributed by atoms with E-state index in [2.05, 4.69) is 10.2 Å². The summed E-state index contributed by atoms with van der Waals surface area (Å²) in [7, 11) is 0. The van der Waals surface area contributed by atoms with E-state index >= 15 is 0 Å². The highest BCUT2D eigenvalue weighted by molar-refractivity contribution is 6.31. The van der Waals surface area contributed by atoms with Gasteiger partial charge in [-0.3, -0.25) is 4.90 Å². The monoisotopic (exact) mass is 300 g/mol. The molecular weight excluding hydrogens is 279 g/mol. The molecule has 112 valence electrons. The fraction of sp³-hybridized carbons (Fsp3) is 0.600. The summed E-state index contributed by atoms with van der Waals surface area (Å²) in [4.78, 5) is 2.24. The smallest absolute Gasteiger partial charge is 0.129 e. The number of hydrogen-bond donors (Lipinski definition) is 2. The van der Waals surface area contributed by atoms with Crippen molar-refractivity contribution in [1.82, 2.24) is 10.2 Å². The molecule has 0 saturated carbocycles. The maximum absolute atomic E-state index is 13.7. The van der Waals surface area contributed by atoms with Crippen LogP contribution in [0.4, 0.5) is 4.39 Å². The van der Waals surface area contributed by atoms with Gasteiger partial charge in [0, 0.05) is 29.8 Å². The van der Waals surface area contributed by atoms with Gasteiger partial charge in [-0.05, 0) is 51.0 Å². The molecule has 0 atom stereocenters. The number of nitrogens with zero attached hydrogens (tertiary/aromatic N) is 1. The Morgan fingerprint density at radius 1 is 1.35 bits per heavy atom. The number of rotatable bonds is 6. The van der Waals surface area contributed by atoms with Gasteiger partial charge in [0.15, 0.2) is 0 Å². The van der Waals surface area contributed by atoms with Crippen LogP contribution in [0, 0.1) is 5.82 Å². The molecule has 1 saturated heterocycles. The fourth-order valence-corrected chi connectivity index (χ4v) is 2.81. The predicted molar refractivity (Wildman–Crippen MR) is 79.4 cm³/mol. The molecule has 3 nitrogen and oxygen atoms in total. The quantitative estimate of drug-likeness (QED) is 0.792. The number of aliphatic hydroxyl groups excluding tert-OH is 1. The van der Waals surface area contributed by atoms with E-state index in [-0.39, 0.29) is 12.4 Å². The Morgan fingerprint density at radius 3 is 2.75 bits per heavy atom. The van der Waals surface area contributed by atoms with Gasteiger partial charge in [-0.2, -0.15) is 0 Å². The molecule has 1 aliphatic heterocycles. The Bertz CT molecular complexity index is 402.